The molecule has 0 bridgehead atoms. The Morgan fingerprint density at radius 3 is 2.72 bits per heavy atom. The normalized spacial score (nSPS) is 28.2. The predicted molar refractivity (Wildman–Crippen MR) is 93.8 cm³/mol. The van der Waals surface area contributed by atoms with Crippen molar-refractivity contribution < 1.29 is 8.81 Å². The minimum absolute atomic E-state index is 0.234. The summed E-state index contributed by atoms with van der Waals surface area (Å²) in [6.07, 6.45) is 4.80. The fourth-order valence-electron chi connectivity index (χ4n) is 4.47. The number of piperidine rings is 1. The van der Waals surface area contributed by atoms with Crippen LogP contribution in [0.15, 0.2) is 28.9 Å². The van der Waals surface area contributed by atoms with Gasteiger partial charge in [-0.2, -0.15) is 5.10 Å². The maximum absolute atomic E-state index is 14.9. The zero-order valence-electron chi connectivity index (χ0n) is 15.1. The maximum atomic E-state index is 14.9. The molecule has 2 aromatic heterocycles. The monoisotopic (exact) mass is 346 g/mol. The van der Waals surface area contributed by atoms with Crippen LogP contribution in [0.1, 0.15) is 29.9 Å². The van der Waals surface area contributed by atoms with Crippen molar-refractivity contribution in [2.24, 2.45) is 12.5 Å². The number of alkyl halides is 1. The van der Waals surface area contributed by atoms with Gasteiger partial charge >= 0.3 is 0 Å². The quantitative estimate of drug-likeness (QED) is 0.853. The number of hydrogen-bond donors (Lipinski definition) is 0. The van der Waals surface area contributed by atoms with E-state index >= 15 is 0 Å². The molecule has 2 aliphatic heterocycles. The SMILES string of the molecule is Cc1ccc(CN2CC[C@@H](F)[C@@]3(CCN(Cc4cnn(C)c4)C3)C2)o1. The molecule has 4 rings (SSSR count). The number of furan rings is 1. The Hall–Kier alpha value is -1.66. The molecule has 1 spiro atoms. The van der Waals surface area contributed by atoms with Gasteiger partial charge in [-0.15, -0.1) is 0 Å². The van der Waals surface area contributed by atoms with Gasteiger partial charge in [-0.1, -0.05) is 0 Å². The smallest absolute Gasteiger partial charge is 0.118 e. The lowest BCUT2D eigenvalue weighted by molar-refractivity contribution is 0.00326. The molecule has 2 saturated heterocycles. The highest BCUT2D eigenvalue weighted by Crippen LogP contribution is 2.41. The lowest BCUT2D eigenvalue weighted by atomic mass is 9.77. The molecule has 0 amide bonds. The second kappa shape index (κ2) is 6.57. The minimum atomic E-state index is -0.707. The van der Waals surface area contributed by atoms with Crippen LogP contribution in [-0.2, 0) is 20.1 Å². The fourth-order valence-corrected chi connectivity index (χ4v) is 4.47. The van der Waals surface area contributed by atoms with Crippen LogP contribution in [0.3, 0.4) is 0 Å². The molecule has 4 heterocycles. The average molecular weight is 346 g/mol. The average Bonchev–Trinajstić information content (AvgIpc) is 3.27. The van der Waals surface area contributed by atoms with Crippen LogP contribution in [0.5, 0.6) is 0 Å². The number of nitrogens with zero attached hydrogens (tertiary/aromatic N) is 4. The van der Waals surface area contributed by atoms with Crippen LogP contribution in [0.2, 0.25) is 0 Å². The van der Waals surface area contributed by atoms with Crippen molar-refractivity contribution in [3.05, 3.63) is 41.6 Å². The van der Waals surface area contributed by atoms with Gasteiger partial charge in [-0.3, -0.25) is 14.5 Å². The Kier molecular flexibility index (Phi) is 4.41. The van der Waals surface area contributed by atoms with E-state index in [-0.39, 0.29) is 5.41 Å². The van der Waals surface area contributed by atoms with Crippen LogP contribution in [-0.4, -0.2) is 51.9 Å². The van der Waals surface area contributed by atoms with E-state index in [1.165, 1.54) is 5.56 Å². The summed E-state index contributed by atoms with van der Waals surface area (Å²) in [7, 11) is 1.93. The van der Waals surface area contributed by atoms with Crippen LogP contribution in [0.25, 0.3) is 0 Å². The Labute approximate surface area is 148 Å². The molecule has 0 radical (unpaired) electrons. The topological polar surface area (TPSA) is 37.4 Å². The van der Waals surface area contributed by atoms with Crippen LogP contribution >= 0.6 is 0 Å². The van der Waals surface area contributed by atoms with Gasteiger partial charge in [-0.25, -0.2) is 4.39 Å². The number of aromatic nitrogens is 2. The fraction of sp³-hybridized carbons (Fsp3) is 0.632. The highest BCUT2D eigenvalue weighted by molar-refractivity contribution is 5.08. The Bertz CT molecular complexity index is 727. The molecule has 136 valence electrons. The molecule has 2 aliphatic rings. The third kappa shape index (κ3) is 3.51. The summed E-state index contributed by atoms with van der Waals surface area (Å²) in [5.41, 5.74) is 0.968. The van der Waals surface area contributed by atoms with Crippen molar-refractivity contribution in [1.82, 2.24) is 19.6 Å². The summed E-state index contributed by atoms with van der Waals surface area (Å²) in [5, 5.41) is 4.24. The standard InChI is InChI=1S/C19H27FN4O/c1-15-3-4-17(25-15)12-23-7-5-18(20)19(13-23)6-8-24(14-19)11-16-9-21-22(2)10-16/h3-4,9-10,18H,5-8,11-14H2,1-2H3/t18-,19+/m1/s1. The molecule has 5 nitrogen and oxygen atoms in total. The maximum Gasteiger partial charge on any atom is 0.118 e. The second-order valence-electron chi connectivity index (χ2n) is 7.82. The van der Waals surface area contributed by atoms with Gasteiger partial charge in [0.1, 0.15) is 17.7 Å². The van der Waals surface area contributed by atoms with Crippen molar-refractivity contribution in [2.45, 2.75) is 39.0 Å². The van der Waals surface area contributed by atoms with Crippen LogP contribution in [0, 0.1) is 12.3 Å². The highest BCUT2D eigenvalue weighted by atomic mass is 19.1. The third-order valence-corrected chi connectivity index (χ3v) is 5.71. The Morgan fingerprint density at radius 1 is 1.24 bits per heavy atom. The van der Waals surface area contributed by atoms with E-state index < -0.39 is 6.17 Å². The number of aryl methyl sites for hydroxylation is 2. The van der Waals surface area contributed by atoms with Crippen molar-refractivity contribution in [1.29, 1.82) is 0 Å². The van der Waals surface area contributed by atoms with Gasteiger partial charge in [0.25, 0.3) is 0 Å². The zero-order chi connectivity index (χ0) is 17.4. The zero-order valence-corrected chi connectivity index (χ0v) is 15.1. The number of rotatable bonds is 4. The van der Waals surface area contributed by atoms with Crippen molar-refractivity contribution in [2.75, 3.05) is 26.2 Å². The van der Waals surface area contributed by atoms with E-state index in [0.717, 1.165) is 57.2 Å². The molecule has 6 heteroatoms. The molecule has 0 N–H and O–H groups in total. The Morgan fingerprint density at radius 2 is 2.04 bits per heavy atom. The highest BCUT2D eigenvalue weighted by Gasteiger charge is 2.48. The van der Waals surface area contributed by atoms with Gasteiger partial charge < -0.3 is 4.42 Å². The van der Waals surface area contributed by atoms with Crippen LogP contribution in [0.4, 0.5) is 4.39 Å². The first kappa shape index (κ1) is 16.8. The number of hydrogen-bond acceptors (Lipinski definition) is 4. The van der Waals surface area contributed by atoms with E-state index in [0.29, 0.717) is 6.42 Å². The summed E-state index contributed by atoms with van der Waals surface area (Å²) >= 11 is 0. The van der Waals surface area contributed by atoms with E-state index in [1.807, 2.05) is 43.2 Å². The summed E-state index contributed by atoms with van der Waals surface area (Å²) in [4.78, 5) is 4.74. The van der Waals surface area contributed by atoms with E-state index in [1.54, 1.807) is 0 Å². The molecule has 0 aromatic carbocycles. The van der Waals surface area contributed by atoms with Gasteiger partial charge in [0.05, 0.1) is 12.7 Å². The van der Waals surface area contributed by atoms with E-state index in [9.17, 15) is 4.39 Å². The van der Waals surface area contributed by atoms with Crippen molar-refractivity contribution in [3.63, 3.8) is 0 Å². The molecule has 0 saturated carbocycles. The predicted octanol–water partition coefficient (Wildman–Crippen LogP) is 2.76. The molecule has 0 unspecified atom stereocenters. The first-order chi connectivity index (χ1) is 12.0. The molecule has 2 fully saturated rings. The molecular formula is C19H27FN4O. The van der Waals surface area contributed by atoms with Gasteiger partial charge in [-0.05, 0) is 38.4 Å². The summed E-state index contributed by atoms with van der Waals surface area (Å²) in [6.45, 7) is 7.03. The lowest BCUT2D eigenvalue weighted by Crippen LogP contribution is -2.51. The van der Waals surface area contributed by atoms with Gasteiger partial charge in [0.15, 0.2) is 0 Å². The molecule has 0 aliphatic carbocycles. The molecular weight excluding hydrogens is 319 g/mol. The van der Waals surface area contributed by atoms with Crippen LogP contribution < -0.4 is 0 Å². The third-order valence-electron chi connectivity index (χ3n) is 5.71. The van der Waals surface area contributed by atoms with E-state index in [4.69, 9.17) is 4.42 Å². The van der Waals surface area contributed by atoms with Crippen molar-refractivity contribution in [3.8, 4) is 0 Å². The lowest BCUT2D eigenvalue weighted by Gasteiger charge is -2.42. The molecule has 2 atom stereocenters. The molecule has 2 aromatic rings. The first-order valence-corrected chi connectivity index (χ1v) is 9.14. The summed E-state index contributed by atoms with van der Waals surface area (Å²) in [6, 6.07) is 4.03. The van der Waals surface area contributed by atoms with Gasteiger partial charge in [0, 0.05) is 50.4 Å². The largest absolute Gasteiger partial charge is 0.465 e. The van der Waals surface area contributed by atoms with E-state index in [2.05, 4.69) is 14.9 Å². The summed E-state index contributed by atoms with van der Waals surface area (Å²) in [5.74, 6) is 1.92. The second-order valence-corrected chi connectivity index (χ2v) is 7.82. The first-order valence-electron chi connectivity index (χ1n) is 9.14. The van der Waals surface area contributed by atoms with Gasteiger partial charge in [0.2, 0.25) is 0 Å². The molecule has 25 heavy (non-hydrogen) atoms. The number of likely N-dealkylation sites (tertiary alicyclic amines) is 2. The minimum Gasteiger partial charge on any atom is -0.465 e. The van der Waals surface area contributed by atoms with Crippen molar-refractivity contribution >= 4 is 0 Å². The summed E-state index contributed by atoms with van der Waals surface area (Å²) < 4.78 is 22.4. The Balaban J connectivity index is 1.41. The number of halogens is 1.